The van der Waals surface area contributed by atoms with Crippen molar-refractivity contribution in [3.63, 3.8) is 0 Å². The number of hydrogen-bond donors (Lipinski definition) is 1. The fourth-order valence-corrected chi connectivity index (χ4v) is 1.44. The summed E-state index contributed by atoms with van der Waals surface area (Å²) >= 11 is 0. The molecular weight excluding hydrogens is 198 g/mol. The van der Waals surface area contributed by atoms with E-state index >= 15 is 0 Å². The van der Waals surface area contributed by atoms with Crippen LogP contribution in [0.2, 0.25) is 0 Å². The van der Waals surface area contributed by atoms with Gasteiger partial charge in [0.15, 0.2) is 0 Å². The first-order valence-electron chi connectivity index (χ1n) is 5.82. The second-order valence-electron chi connectivity index (χ2n) is 3.69. The van der Waals surface area contributed by atoms with Crippen LogP contribution >= 0.6 is 0 Å². The van der Waals surface area contributed by atoms with Crippen molar-refractivity contribution < 1.29 is 4.74 Å². The van der Waals surface area contributed by atoms with Gasteiger partial charge in [-0.15, -0.1) is 0 Å². The van der Waals surface area contributed by atoms with Crippen molar-refractivity contribution in [2.75, 3.05) is 26.8 Å². The molecule has 0 atom stereocenters. The van der Waals surface area contributed by atoms with Crippen molar-refractivity contribution in [3.8, 4) is 0 Å². The molecule has 0 spiro atoms. The average molecular weight is 219 g/mol. The molecule has 0 aliphatic heterocycles. The second kappa shape index (κ2) is 9.13. The maximum Gasteiger partial charge on any atom is 0.0587 e. The molecule has 0 amide bonds. The third kappa shape index (κ3) is 6.38. The number of benzene rings is 1. The first-order chi connectivity index (χ1) is 7.93. The molecule has 0 aliphatic carbocycles. The zero-order valence-electron chi connectivity index (χ0n) is 9.99. The molecule has 0 radical (unpaired) electrons. The Morgan fingerprint density at radius 2 is 1.94 bits per heavy atom. The molecule has 88 valence electrons. The Kier molecular flexibility index (Phi) is 7.39. The van der Waals surface area contributed by atoms with Crippen molar-refractivity contribution in [1.29, 1.82) is 0 Å². The Bertz CT molecular complexity index is 282. The van der Waals surface area contributed by atoms with Gasteiger partial charge in [-0.1, -0.05) is 42.5 Å². The lowest BCUT2D eigenvalue weighted by atomic mass is 10.1. The summed E-state index contributed by atoms with van der Waals surface area (Å²) in [5.74, 6) is 0. The Labute approximate surface area is 98.3 Å². The monoisotopic (exact) mass is 219 g/mol. The maximum atomic E-state index is 4.95. The molecule has 1 aromatic rings. The van der Waals surface area contributed by atoms with Gasteiger partial charge in [0.05, 0.1) is 6.61 Å². The normalized spacial score (nSPS) is 11.1. The van der Waals surface area contributed by atoms with E-state index in [1.807, 2.05) is 6.07 Å². The van der Waals surface area contributed by atoms with E-state index in [4.69, 9.17) is 4.74 Å². The summed E-state index contributed by atoms with van der Waals surface area (Å²) in [7, 11) is 1.72. The smallest absolute Gasteiger partial charge is 0.0587 e. The van der Waals surface area contributed by atoms with E-state index in [2.05, 4.69) is 41.7 Å². The van der Waals surface area contributed by atoms with Gasteiger partial charge in [-0.05, 0) is 24.9 Å². The number of ether oxygens (including phenoxy) is 1. The minimum atomic E-state index is 0.785. The standard InChI is InChI=1S/C14H21NO/c1-16-13-12-15-11-7-3-6-10-14-8-4-2-5-9-14/h2-6,8-9,15H,7,10-13H2,1H3. The van der Waals surface area contributed by atoms with Gasteiger partial charge in [-0.25, -0.2) is 0 Å². The van der Waals surface area contributed by atoms with Crippen LogP contribution in [0.1, 0.15) is 12.0 Å². The lowest BCUT2D eigenvalue weighted by Gasteiger charge is -2.00. The Morgan fingerprint density at radius 3 is 2.69 bits per heavy atom. The van der Waals surface area contributed by atoms with E-state index in [0.717, 1.165) is 32.5 Å². The van der Waals surface area contributed by atoms with Gasteiger partial charge in [0.2, 0.25) is 0 Å². The zero-order chi connectivity index (χ0) is 11.5. The Balaban J connectivity index is 2.01. The predicted octanol–water partition coefficient (Wildman–Crippen LogP) is 2.41. The molecule has 0 saturated carbocycles. The molecule has 0 unspecified atom stereocenters. The summed E-state index contributed by atoms with van der Waals surface area (Å²) in [4.78, 5) is 0. The third-order valence-electron chi connectivity index (χ3n) is 2.33. The topological polar surface area (TPSA) is 21.3 Å². The molecular formula is C14H21NO. The van der Waals surface area contributed by atoms with Gasteiger partial charge in [-0.2, -0.15) is 0 Å². The van der Waals surface area contributed by atoms with Crippen LogP contribution in [0, 0.1) is 0 Å². The Morgan fingerprint density at radius 1 is 1.12 bits per heavy atom. The molecule has 1 aromatic carbocycles. The van der Waals surface area contributed by atoms with Gasteiger partial charge < -0.3 is 10.1 Å². The maximum absolute atomic E-state index is 4.95. The highest BCUT2D eigenvalue weighted by atomic mass is 16.5. The summed E-state index contributed by atoms with van der Waals surface area (Å²) in [6, 6.07) is 10.5. The quantitative estimate of drug-likeness (QED) is 0.535. The van der Waals surface area contributed by atoms with Crippen LogP contribution in [0.25, 0.3) is 0 Å². The van der Waals surface area contributed by atoms with Crippen LogP contribution < -0.4 is 5.32 Å². The molecule has 0 fully saturated rings. The number of hydrogen-bond acceptors (Lipinski definition) is 2. The lowest BCUT2D eigenvalue weighted by molar-refractivity contribution is 0.199. The summed E-state index contributed by atoms with van der Waals surface area (Å²) < 4.78 is 4.95. The molecule has 2 nitrogen and oxygen atoms in total. The Hall–Kier alpha value is -1.12. The van der Waals surface area contributed by atoms with Crippen LogP contribution in [0.15, 0.2) is 42.5 Å². The van der Waals surface area contributed by atoms with E-state index < -0.39 is 0 Å². The molecule has 0 aromatic heterocycles. The number of methoxy groups -OCH3 is 1. The highest BCUT2D eigenvalue weighted by Gasteiger charge is 1.86. The number of allylic oxidation sites excluding steroid dienone is 1. The summed E-state index contributed by atoms with van der Waals surface area (Å²) in [6.07, 6.45) is 6.57. The molecule has 0 aliphatic rings. The van der Waals surface area contributed by atoms with Gasteiger partial charge in [0.1, 0.15) is 0 Å². The number of rotatable bonds is 8. The molecule has 0 heterocycles. The van der Waals surface area contributed by atoms with Crippen LogP contribution in [-0.4, -0.2) is 26.8 Å². The van der Waals surface area contributed by atoms with Gasteiger partial charge in [0, 0.05) is 13.7 Å². The van der Waals surface area contributed by atoms with E-state index in [1.54, 1.807) is 7.11 Å². The summed E-state index contributed by atoms with van der Waals surface area (Å²) in [5, 5.41) is 3.31. The predicted molar refractivity (Wildman–Crippen MR) is 68.6 cm³/mol. The molecule has 16 heavy (non-hydrogen) atoms. The van der Waals surface area contributed by atoms with Crippen LogP contribution in [0.5, 0.6) is 0 Å². The molecule has 1 rings (SSSR count). The van der Waals surface area contributed by atoms with Crippen molar-refractivity contribution in [3.05, 3.63) is 48.0 Å². The van der Waals surface area contributed by atoms with Crippen molar-refractivity contribution >= 4 is 0 Å². The third-order valence-corrected chi connectivity index (χ3v) is 2.33. The fraction of sp³-hybridized carbons (Fsp3) is 0.429. The first-order valence-corrected chi connectivity index (χ1v) is 5.82. The molecule has 0 bridgehead atoms. The number of nitrogens with one attached hydrogen (secondary N) is 1. The van der Waals surface area contributed by atoms with Crippen molar-refractivity contribution in [2.24, 2.45) is 0 Å². The largest absolute Gasteiger partial charge is 0.383 e. The van der Waals surface area contributed by atoms with Crippen LogP contribution in [0.3, 0.4) is 0 Å². The minimum Gasteiger partial charge on any atom is -0.383 e. The van der Waals surface area contributed by atoms with Crippen molar-refractivity contribution in [2.45, 2.75) is 12.8 Å². The van der Waals surface area contributed by atoms with E-state index in [0.29, 0.717) is 0 Å². The first kappa shape index (κ1) is 12.9. The van der Waals surface area contributed by atoms with Gasteiger partial charge in [0.25, 0.3) is 0 Å². The SMILES string of the molecule is COCCNCCC=CCc1ccccc1. The fourth-order valence-electron chi connectivity index (χ4n) is 1.44. The van der Waals surface area contributed by atoms with Crippen LogP contribution in [-0.2, 0) is 11.2 Å². The van der Waals surface area contributed by atoms with Crippen LogP contribution in [0.4, 0.5) is 0 Å². The van der Waals surface area contributed by atoms with Gasteiger partial charge >= 0.3 is 0 Å². The zero-order valence-corrected chi connectivity index (χ0v) is 9.99. The summed E-state index contributed by atoms with van der Waals surface area (Å²) in [5.41, 5.74) is 1.37. The molecule has 0 saturated heterocycles. The lowest BCUT2D eigenvalue weighted by Crippen LogP contribution is -2.19. The highest BCUT2D eigenvalue weighted by Crippen LogP contribution is 2.00. The highest BCUT2D eigenvalue weighted by molar-refractivity contribution is 5.17. The van der Waals surface area contributed by atoms with E-state index in [1.165, 1.54) is 5.56 Å². The summed E-state index contributed by atoms with van der Waals surface area (Å²) in [6.45, 7) is 2.74. The average Bonchev–Trinajstić information content (AvgIpc) is 2.34. The van der Waals surface area contributed by atoms with Gasteiger partial charge in [-0.3, -0.25) is 0 Å². The second-order valence-corrected chi connectivity index (χ2v) is 3.69. The van der Waals surface area contributed by atoms with E-state index in [9.17, 15) is 0 Å². The molecule has 1 N–H and O–H groups in total. The van der Waals surface area contributed by atoms with E-state index in [-0.39, 0.29) is 0 Å². The molecule has 2 heteroatoms. The van der Waals surface area contributed by atoms with Crippen molar-refractivity contribution in [1.82, 2.24) is 5.32 Å². The minimum absolute atomic E-state index is 0.785.